The van der Waals surface area contributed by atoms with Gasteiger partial charge in [0.15, 0.2) is 0 Å². The summed E-state index contributed by atoms with van der Waals surface area (Å²) in [5.41, 5.74) is 1.84. The van der Waals surface area contributed by atoms with Crippen molar-refractivity contribution in [1.29, 1.82) is 0 Å². The van der Waals surface area contributed by atoms with Gasteiger partial charge in [-0.3, -0.25) is 0 Å². The molecule has 1 aliphatic heterocycles. The van der Waals surface area contributed by atoms with Crippen molar-refractivity contribution in [2.75, 3.05) is 24.7 Å². The Hall–Kier alpha value is -1.85. The Morgan fingerprint density at radius 3 is 2.57 bits per heavy atom. The van der Waals surface area contributed by atoms with E-state index in [2.05, 4.69) is 5.32 Å². The van der Waals surface area contributed by atoms with Crippen molar-refractivity contribution in [2.45, 2.75) is 5.37 Å². The average molecular weight is 349 g/mol. The smallest absolute Gasteiger partial charge is 0.323 e. The van der Waals surface area contributed by atoms with Crippen molar-refractivity contribution in [3.63, 3.8) is 0 Å². The van der Waals surface area contributed by atoms with Gasteiger partial charge in [-0.15, -0.1) is 11.8 Å². The molecule has 0 radical (unpaired) electrons. The maximum Gasteiger partial charge on any atom is 0.323 e. The number of methoxy groups -OCH3 is 1. The molecule has 1 heterocycles. The molecular weight excluding hydrogens is 332 g/mol. The van der Waals surface area contributed by atoms with Crippen LogP contribution in [0.25, 0.3) is 0 Å². The largest absolute Gasteiger partial charge is 0.497 e. The minimum atomic E-state index is -0.0971. The van der Waals surface area contributed by atoms with Crippen LogP contribution in [-0.2, 0) is 0 Å². The third-order valence-corrected chi connectivity index (χ3v) is 5.16. The van der Waals surface area contributed by atoms with Crippen LogP contribution in [0.1, 0.15) is 10.9 Å². The van der Waals surface area contributed by atoms with Crippen LogP contribution in [0.5, 0.6) is 5.75 Å². The normalized spacial score (nSPS) is 17.1. The molecule has 23 heavy (non-hydrogen) atoms. The maximum atomic E-state index is 12.6. The quantitative estimate of drug-likeness (QED) is 0.879. The lowest BCUT2D eigenvalue weighted by Gasteiger charge is -2.24. The summed E-state index contributed by atoms with van der Waals surface area (Å²) < 4.78 is 5.12. The standard InChI is InChI=1S/C17H17ClN2O2S/c1-22-15-8-6-14(7-9-15)19-17(21)20-10-11-23-16(20)12-2-4-13(18)5-3-12/h2-9,16H,10-11H2,1H3,(H,19,21). The van der Waals surface area contributed by atoms with Crippen LogP contribution < -0.4 is 10.1 Å². The van der Waals surface area contributed by atoms with Gasteiger partial charge in [-0.05, 0) is 42.0 Å². The van der Waals surface area contributed by atoms with Gasteiger partial charge in [0.2, 0.25) is 0 Å². The summed E-state index contributed by atoms with van der Waals surface area (Å²) >= 11 is 7.70. The van der Waals surface area contributed by atoms with E-state index in [9.17, 15) is 4.79 Å². The van der Waals surface area contributed by atoms with Crippen LogP contribution in [0.4, 0.5) is 10.5 Å². The molecule has 1 aliphatic rings. The van der Waals surface area contributed by atoms with Gasteiger partial charge in [-0.2, -0.15) is 0 Å². The van der Waals surface area contributed by atoms with Crippen LogP contribution in [0.2, 0.25) is 5.02 Å². The highest BCUT2D eigenvalue weighted by Gasteiger charge is 2.30. The summed E-state index contributed by atoms with van der Waals surface area (Å²) in [4.78, 5) is 14.4. The summed E-state index contributed by atoms with van der Waals surface area (Å²) in [7, 11) is 1.62. The fourth-order valence-corrected chi connectivity index (χ4v) is 3.83. The molecule has 0 aliphatic carbocycles. The minimum absolute atomic E-state index is 0.0190. The number of carbonyl (C=O) groups is 1. The highest BCUT2D eigenvalue weighted by Crippen LogP contribution is 2.38. The van der Waals surface area contributed by atoms with Crippen molar-refractivity contribution in [1.82, 2.24) is 4.90 Å². The Bertz CT molecular complexity index is 676. The average Bonchev–Trinajstić information content (AvgIpc) is 3.06. The summed E-state index contributed by atoms with van der Waals surface area (Å²) in [5.74, 6) is 1.68. The third-order valence-electron chi connectivity index (χ3n) is 3.65. The third kappa shape index (κ3) is 3.74. The molecule has 2 aromatic rings. The number of thioether (sulfide) groups is 1. The van der Waals surface area contributed by atoms with E-state index in [-0.39, 0.29) is 11.4 Å². The fourth-order valence-electron chi connectivity index (χ4n) is 2.45. The van der Waals surface area contributed by atoms with Gasteiger partial charge in [-0.25, -0.2) is 4.79 Å². The molecule has 1 atom stereocenters. The number of amides is 2. The van der Waals surface area contributed by atoms with E-state index in [1.165, 1.54) is 0 Å². The molecule has 0 spiro atoms. The molecule has 1 saturated heterocycles. The number of urea groups is 1. The predicted octanol–water partition coefficient (Wildman–Crippen LogP) is 4.63. The van der Waals surface area contributed by atoms with Crippen molar-refractivity contribution >= 4 is 35.1 Å². The number of hydrogen-bond acceptors (Lipinski definition) is 3. The molecule has 1 unspecified atom stereocenters. The second-order valence-electron chi connectivity index (χ2n) is 5.13. The molecule has 2 aromatic carbocycles. The van der Waals surface area contributed by atoms with Gasteiger partial charge in [0.05, 0.1) is 7.11 Å². The van der Waals surface area contributed by atoms with Crippen molar-refractivity contribution in [3.05, 3.63) is 59.1 Å². The van der Waals surface area contributed by atoms with Crippen molar-refractivity contribution < 1.29 is 9.53 Å². The van der Waals surface area contributed by atoms with Gasteiger partial charge < -0.3 is 15.0 Å². The zero-order valence-corrected chi connectivity index (χ0v) is 14.2. The van der Waals surface area contributed by atoms with Crippen LogP contribution >= 0.6 is 23.4 Å². The van der Waals surface area contributed by atoms with Crippen LogP contribution in [-0.4, -0.2) is 30.3 Å². The molecule has 0 saturated carbocycles. The molecular formula is C17H17ClN2O2S. The number of rotatable bonds is 3. The van der Waals surface area contributed by atoms with E-state index in [4.69, 9.17) is 16.3 Å². The molecule has 3 rings (SSSR count). The molecule has 2 amide bonds. The molecule has 0 aromatic heterocycles. The van der Waals surface area contributed by atoms with E-state index in [1.807, 2.05) is 53.4 Å². The first-order chi connectivity index (χ1) is 11.2. The van der Waals surface area contributed by atoms with E-state index >= 15 is 0 Å². The lowest BCUT2D eigenvalue weighted by Crippen LogP contribution is -2.34. The Kier molecular flexibility index (Phi) is 4.98. The number of halogens is 1. The fraction of sp³-hybridized carbons (Fsp3) is 0.235. The highest BCUT2D eigenvalue weighted by molar-refractivity contribution is 7.99. The first kappa shape index (κ1) is 16.0. The Morgan fingerprint density at radius 2 is 1.91 bits per heavy atom. The van der Waals surface area contributed by atoms with E-state index in [1.54, 1.807) is 18.9 Å². The molecule has 0 bridgehead atoms. The summed E-state index contributed by atoms with van der Waals surface area (Å²) in [6, 6.07) is 14.9. The topological polar surface area (TPSA) is 41.6 Å². The number of carbonyl (C=O) groups excluding carboxylic acids is 1. The lowest BCUT2D eigenvalue weighted by atomic mass is 10.2. The molecule has 4 nitrogen and oxygen atoms in total. The number of nitrogens with one attached hydrogen (secondary N) is 1. The Morgan fingerprint density at radius 1 is 1.22 bits per heavy atom. The minimum Gasteiger partial charge on any atom is -0.497 e. The van der Waals surface area contributed by atoms with E-state index < -0.39 is 0 Å². The maximum absolute atomic E-state index is 12.6. The van der Waals surface area contributed by atoms with Crippen molar-refractivity contribution in [2.24, 2.45) is 0 Å². The number of nitrogens with zero attached hydrogens (tertiary/aromatic N) is 1. The number of ether oxygens (including phenoxy) is 1. The van der Waals surface area contributed by atoms with Gasteiger partial charge in [0.25, 0.3) is 0 Å². The molecule has 6 heteroatoms. The summed E-state index contributed by atoms with van der Waals surface area (Å²) in [6.45, 7) is 0.722. The van der Waals surface area contributed by atoms with E-state index in [0.717, 1.165) is 29.3 Å². The zero-order valence-electron chi connectivity index (χ0n) is 12.7. The summed E-state index contributed by atoms with van der Waals surface area (Å²) in [5, 5.41) is 3.66. The number of benzene rings is 2. The van der Waals surface area contributed by atoms with Gasteiger partial charge in [-0.1, -0.05) is 23.7 Å². The monoisotopic (exact) mass is 348 g/mol. The highest BCUT2D eigenvalue weighted by atomic mass is 35.5. The van der Waals surface area contributed by atoms with Gasteiger partial charge in [0.1, 0.15) is 11.1 Å². The zero-order chi connectivity index (χ0) is 16.2. The molecule has 120 valence electrons. The van der Waals surface area contributed by atoms with E-state index in [0.29, 0.717) is 5.02 Å². The molecule has 1 fully saturated rings. The van der Waals surface area contributed by atoms with Crippen LogP contribution in [0, 0.1) is 0 Å². The summed E-state index contributed by atoms with van der Waals surface area (Å²) in [6.07, 6.45) is 0. The lowest BCUT2D eigenvalue weighted by molar-refractivity contribution is 0.214. The second kappa shape index (κ2) is 7.15. The van der Waals surface area contributed by atoms with Gasteiger partial charge in [0, 0.05) is 23.0 Å². The first-order valence-corrected chi connectivity index (χ1v) is 8.69. The first-order valence-electron chi connectivity index (χ1n) is 7.26. The van der Waals surface area contributed by atoms with Crippen LogP contribution in [0.3, 0.4) is 0 Å². The Balaban J connectivity index is 1.71. The number of anilines is 1. The predicted molar refractivity (Wildman–Crippen MR) is 95.4 cm³/mol. The van der Waals surface area contributed by atoms with Gasteiger partial charge >= 0.3 is 6.03 Å². The Labute approximate surface area is 144 Å². The molecule has 1 N–H and O–H groups in total. The van der Waals surface area contributed by atoms with Crippen molar-refractivity contribution in [3.8, 4) is 5.75 Å². The van der Waals surface area contributed by atoms with Crippen LogP contribution in [0.15, 0.2) is 48.5 Å². The number of hydrogen-bond donors (Lipinski definition) is 1. The second-order valence-corrected chi connectivity index (χ2v) is 6.75. The SMILES string of the molecule is COc1ccc(NC(=O)N2CCSC2c2ccc(Cl)cc2)cc1.